The van der Waals surface area contributed by atoms with Gasteiger partial charge in [-0.1, -0.05) is 30.3 Å². The van der Waals surface area contributed by atoms with Gasteiger partial charge < -0.3 is 14.6 Å². The summed E-state index contributed by atoms with van der Waals surface area (Å²) >= 11 is 0. The van der Waals surface area contributed by atoms with Gasteiger partial charge in [0.15, 0.2) is 0 Å². The minimum Gasteiger partial charge on any atom is -0.478 e. The third kappa shape index (κ3) is 2.73. The van der Waals surface area contributed by atoms with E-state index in [1.807, 2.05) is 27.7 Å². The van der Waals surface area contributed by atoms with Gasteiger partial charge in [0, 0.05) is 18.8 Å². The van der Waals surface area contributed by atoms with E-state index in [4.69, 9.17) is 0 Å². The minimum absolute atomic E-state index is 0.0398. The van der Waals surface area contributed by atoms with Crippen molar-refractivity contribution in [2.24, 2.45) is 0 Å². The van der Waals surface area contributed by atoms with Crippen LogP contribution in [0.1, 0.15) is 63.8 Å². The number of aromatic carboxylic acids is 1. The van der Waals surface area contributed by atoms with Gasteiger partial charge in [-0.15, -0.1) is 0 Å². The van der Waals surface area contributed by atoms with Crippen LogP contribution in [0.4, 0.5) is 0 Å². The first-order valence-corrected chi connectivity index (χ1v) is 8.98. The van der Waals surface area contributed by atoms with E-state index in [1.54, 1.807) is 6.07 Å². The molecule has 130 valence electrons. The number of likely N-dealkylation sites (tertiary alicyclic amines) is 1. The monoisotopic (exact) mass is 338 g/mol. The largest absolute Gasteiger partial charge is 0.478 e. The Morgan fingerprint density at radius 1 is 1.04 bits per heavy atom. The van der Waals surface area contributed by atoms with E-state index in [2.05, 4.69) is 12.1 Å². The van der Waals surface area contributed by atoms with E-state index in [-0.39, 0.29) is 11.9 Å². The first kappa shape index (κ1) is 15.9. The van der Waals surface area contributed by atoms with Crippen LogP contribution in [0.15, 0.2) is 36.4 Å². The van der Waals surface area contributed by atoms with Crippen LogP contribution in [0.2, 0.25) is 0 Å². The SMILES string of the molecule is O=C(O)c1cc(C(=O)N2CCC[C@H]2c2ccccc2)n2c1CCCC2. The van der Waals surface area contributed by atoms with Crippen molar-refractivity contribution in [3.63, 3.8) is 0 Å². The Hall–Kier alpha value is -2.56. The normalized spacial score (nSPS) is 19.7. The quantitative estimate of drug-likeness (QED) is 0.932. The summed E-state index contributed by atoms with van der Waals surface area (Å²) in [6, 6.07) is 11.8. The number of hydrogen-bond donors (Lipinski definition) is 1. The van der Waals surface area contributed by atoms with Gasteiger partial charge in [-0.2, -0.15) is 0 Å². The van der Waals surface area contributed by atoms with E-state index in [1.165, 1.54) is 0 Å². The Kier molecular flexibility index (Phi) is 4.07. The van der Waals surface area contributed by atoms with Crippen molar-refractivity contribution in [3.05, 3.63) is 58.9 Å². The number of fused-ring (bicyclic) bond motifs is 1. The molecule has 5 heteroatoms. The van der Waals surface area contributed by atoms with Crippen molar-refractivity contribution in [3.8, 4) is 0 Å². The Bertz CT molecular complexity index is 810. The molecule has 2 aliphatic rings. The Morgan fingerprint density at radius 3 is 2.60 bits per heavy atom. The van der Waals surface area contributed by atoms with E-state index in [0.29, 0.717) is 11.3 Å². The first-order valence-electron chi connectivity index (χ1n) is 8.98. The van der Waals surface area contributed by atoms with Crippen LogP contribution >= 0.6 is 0 Å². The fourth-order valence-corrected chi connectivity index (χ4v) is 4.22. The summed E-state index contributed by atoms with van der Waals surface area (Å²) in [5.74, 6) is -0.979. The van der Waals surface area contributed by atoms with Crippen molar-refractivity contribution in [2.75, 3.05) is 6.54 Å². The topological polar surface area (TPSA) is 62.5 Å². The standard InChI is InChI=1S/C20H22N2O3/c23-19(22-12-6-10-16(22)14-7-2-1-3-8-14)18-13-15(20(24)25)17-9-4-5-11-21(17)18/h1-3,7-8,13,16H,4-6,9-12H2,(H,24,25)/t16-/m0/s1. The van der Waals surface area contributed by atoms with Crippen LogP contribution in [0.25, 0.3) is 0 Å². The van der Waals surface area contributed by atoms with Crippen LogP contribution in [-0.4, -0.2) is 33.0 Å². The molecule has 25 heavy (non-hydrogen) atoms. The zero-order valence-corrected chi connectivity index (χ0v) is 14.1. The zero-order valence-electron chi connectivity index (χ0n) is 14.1. The molecule has 3 heterocycles. The number of benzene rings is 1. The summed E-state index contributed by atoms with van der Waals surface area (Å²) in [6.07, 6.45) is 4.63. The fourth-order valence-electron chi connectivity index (χ4n) is 4.22. The van der Waals surface area contributed by atoms with E-state index >= 15 is 0 Å². The molecule has 1 aromatic heterocycles. The molecule has 1 saturated heterocycles. The summed E-state index contributed by atoms with van der Waals surface area (Å²) in [4.78, 5) is 26.7. The number of carbonyl (C=O) groups is 2. The van der Waals surface area contributed by atoms with Crippen LogP contribution in [-0.2, 0) is 13.0 Å². The molecule has 2 aromatic rings. The molecule has 2 aliphatic heterocycles. The molecular weight excluding hydrogens is 316 g/mol. The molecule has 1 amide bonds. The maximum absolute atomic E-state index is 13.3. The van der Waals surface area contributed by atoms with Gasteiger partial charge in [-0.05, 0) is 43.7 Å². The molecular formula is C20H22N2O3. The van der Waals surface area contributed by atoms with Gasteiger partial charge >= 0.3 is 5.97 Å². The van der Waals surface area contributed by atoms with Gasteiger partial charge in [-0.25, -0.2) is 4.79 Å². The van der Waals surface area contributed by atoms with Gasteiger partial charge in [0.1, 0.15) is 5.69 Å². The number of carboxylic acids is 1. The molecule has 0 radical (unpaired) electrons. The molecule has 0 unspecified atom stereocenters. The Labute approximate surface area is 146 Å². The van der Waals surface area contributed by atoms with Crippen LogP contribution in [0, 0.1) is 0 Å². The number of nitrogens with zero attached hydrogens (tertiary/aromatic N) is 2. The summed E-state index contributed by atoms with van der Waals surface area (Å²) in [5, 5.41) is 9.49. The lowest BCUT2D eigenvalue weighted by molar-refractivity contribution is 0.0694. The number of aromatic nitrogens is 1. The van der Waals surface area contributed by atoms with Crippen molar-refractivity contribution in [1.82, 2.24) is 9.47 Å². The number of hydrogen-bond acceptors (Lipinski definition) is 2. The molecule has 1 aromatic carbocycles. The average molecular weight is 338 g/mol. The second-order valence-electron chi connectivity index (χ2n) is 6.87. The molecule has 0 saturated carbocycles. The number of amides is 1. The highest BCUT2D eigenvalue weighted by atomic mass is 16.4. The lowest BCUT2D eigenvalue weighted by Gasteiger charge is -2.26. The van der Waals surface area contributed by atoms with Crippen molar-refractivity contribution in [1.29, 1.82) is 0 Å². The van der Waals surface area contributed by atoms with Gasteiger partial charge in [0.05, 0.1) is 11.6 Å². The molecule has 0 bridgehead atoms. The molecule has 5 nitrogen and oxygen atoms in total. The van der Waals surface area contributed by atoms with Crippen molar-refractivity contribution in [2.45, 2.75) is 44.7 Å². The predicted molar refractivity (Wildman–Crippen MR) is 93.8 cm³/mol. The highest BCUT2D eigenvalue weighted by Gasteiger charge is 2.34. The van der Waals surface area contributed by atoms with E-state index in [9.17, 15) is 14.7 Å². The first-order chi connectivity index (χ1) is 12.2. The average Bonchev–Trinajstić information content (AvgIpc) is 3.27. The second kappa shape index (κ2) is 6.39. The van der Waals surface area contributed by atoms with Crippen LogP contribution in [0.5, 0.6) is 0 Å². The van der Waals surface area contributed by atoms with Gasteiger partial charge in [0.2, 0.25) is 0 Å². The van der Waals surface area contributed by atoms with Crippen molar-refractivity contribution < 1.29 is 14.7 Å². The molecule has 1 atom stereocenters. The molecule has 1 fully saturated rings. The lowest BCUT2D eigenvalue weighted by atomic mass is 10.0. The van der Waals surface area contributed by atoms with Gasteiger partial charge in [-0.3, -0.25) is 4.79 Å². The lowest BCUT2D eigenvalue weighted by Crippen LogP contribution is -2.32. The maximum atomic E-state index is 13.3. The molecule has 0 aliphatic carbocycles. The summed E-state index contributed by atoms with van der Waals surface area (Å²) in [7, 11) is 0. The molecule has 1 N–H and O–H groups in total. The molecule has 4 rings (SSSR count). The van der Waals surface area contributed by atoms with Crippen LogP contribution in [0.3, 0.4) is 0 Å². The van der Waals surface area contributed by atoms with E-state index < -0.39 is 5.97 Å². The summed E-state index contributed by atoms with van der Waals surface area (Å²) in [5.41, 5.74) is 2.78. The fraction of sp³-hybridized carbons (Fsp3) is 0.400. The number of rotatable bonds is 3. The number of carboxylic acid groups (broad SMARTS) is 1. The highest BCUT2D eigenvalue weighted by molar-refractivity contribution is 5.98. The smallest absolute Gasteiger partial charge is 0.337 e. The highest BCUT2D eigenvalue weighted by Crippen LogP contribution is 2.34. The van der Waals surface area contributed by atoms with Gasteiger partial charge in [0.25, 0.3) is 5.91 Å². The van der Waals surface area contributed by atoms with Crippen LogP contribution < -0.4 is 0 Å². The molecule has 0 spiro atoms. The summed E-state index contributed by atoms with van der Waals surface area (Å²) in [6.45, 7) is 1.45. The number of carbonyl (C=O) groups excluding carboxylic acids is 1. The van der Waals surface area contributed by atoms with E-state index in [0.717, 1.165) is 56.5 Å². The third-order valence-corrected chi connectivity index (χ3v) is 5.40. The van der Waals surface area contributed by atoms with Crippen molar-refractivity contribution >= 4 is 11.9 Å². The third-order valence-electron chi connectivity index (χ3n) is 5.40. The maximum Gasteiger partial charge on any atom is 0.337 e. The predicted octanol–water partition coefficient (Wildman–Crippen LogP) is 3.50. The zero-order chi connectivity index (χ0) is 17.4. The second-order valence-corrected chi connectivity index (χ2v) is 6.87. The minimum atomic E-state index is -0.939. The summed E-state index contributed by atoms with van der Waals surface area (Å²) < 4.78 is 1.94. The Balaban J connectivity index is 1.70. The Morgan fingerprint density at radius 2 is 1.84 bits per heavy atom.